The molecule has 0 aromatic heterocycles. The molecule has 0 saturated heterocycles. The van der Waals surface area contributed by atoms with Gasteiger partial charge in [0.1, 0.15) is 5.75 Å². The number of hydrogen-bond acceptors (Lipinski definition) is 8. The molecule has 43 heavy (non-hydrogen) atoms. The minimum absolute atomic E-state index is 0.0460. The summed E-state index contributed by atoms with van der Waals surface area (Å²) in [7, 11) is 1.27. The summed E-state index contributed by atoms with van der Waals surface area (Å²) in [5.41, 5.74) is 13.8. The van der Waals surface area contributed by atoms with Crippen molar-refractivity contribution in [3.63, 3.8) is 0 Å². The summed E-state index contributed by atoms with van der Waals surface area (Å²) in [6, 6.07) is 14.9. The number of rotatable bonds is 12. The molecule has 0 aliphatic heterocycles. The molecule has 13 heteroatoms. The van der Waals surface area contributed by atoms with E-state index in [-0.39, 0.29) is 35.0 Å². The van der Waals surface area contributed by atoms with Crippen molar-refractivity contribution in [3.05, 3.63) is 77.4 Å². The maximum absolute atomic E-state index is 13.1. The molecular formula is C30H29F5N2O6. The number of carbonyl (C=O) groups is 2. The number of alkyl halides is 5. The summed E-state index contributed by atoms with van der Waals surface area (Å²) < 4.78 is 84.1. The molecule has 0 saturated carbocycles. The fourth-order valence-corrected chi connectivity index (χ4v) is 3.78. The highest BCUT2D eigenvalue weighted by atomic mass is 19.4. The third kappa shape index (κ3) is 8.60. The fraction of sp³-hybridized carbons (Fsp3) is 0.267. The third-order valence-electron chi connectivity index (χ3n) is 5.97. The molecule has 230 valence electrons. The van der Waals surface area contributed by atoms with Crippen LogP contribution in [-0.2, 0) is 9.53 Å². The van der Waals surface area contributed by atoms with Crippen molar-refractivity contribution in [3.8, 4) is 17.2 Å². The number of carbonyl (C=O) groups excluding carboxylic acids is 2. The van der Waals surface area contributed by atoms with Crippen LogP contribution in [0.3, 0.4) is 0 Å². The van der Waals surface area contributed by atoms with Crippen molar-refractivity contribution in [2.75, 3.05) is 31.8 Å². The molecule has 0 fully saturated rings. The van der Waals surface area contributed by atoms with Gasteiger partial charge in [0.05, 0.1) is 31.5 Å². The van der Waals surface area contributed by atoms with E-state index in [4.69, 9.17) is 30.4 Å². The Morgan fingerprint density at radius 2 is 1.60 bits per heavy atom. The molecule has 3 rings (SSSR count). The smallest absolute Gasteiger partial charge is 0.453 e. The van der Waals surface area contributed by atoms with Gasteiger partial charge in [-0.05, 0) is 73.5 Å². The Morgan fingerprint density at radius 3 is 2.21 bits per heavy atom. The van der Waals surface area contributed by atoms with Crippen LogP contribution in [0.2, 0.25) is 0 Å². The monoisotopic (exact) mass is 608 g/mol. The lowest BCUT2D eigenvalue weighted by Gasteiger charge is -2.19. The van der Waals surface area contributed by atoms with Crippen LogP contribution in [0.15, 0.2) is 60.7 Å². The lowest BCUT2D eigenvalue weighted by atomic mass is 10.0. The van der Waals surface area contributed by atoms with Crippen LogP contribution >= 0.6 is 0 Å². The first-order chi connectivity index (χ1) is 20.3. The van der Waals surface area contributed by atoms with Gasteiger partial charge in [-0.25, -0.2) is 9.59 Å². The van der Waals surface area contributed by atoms with Gasteiger partial charge in [-0.3, -0.25) is 0 Å². The van der Waals surface area contributed by atoms with Gasteiger partial charge >= 0.3 is 24.0 Å². The predicted octanol–water partition coefficient (Wildman–Crippen LogP) is 6.54. The van der Waals surface area contributed by atoms with E-state index in [0.717, 1.165) is 0 Å². The van der Waals surface area contributed by atoms with Crippen LogP contribution in [0.1, 0.15) is 41.3 Å². The Bertz CT molecular complexity index is 1470. The Morgan fingerprint density at radius 1 is 0.907 bits per heavy atom. The van der Waals surface area contributed by atoms with Crippen LogP contribution in [0.5, 0.6) is 17.2 Å². The van der Waals surface area contributed by atoms with Gasteiger partial charge in [0.15, 0.2) is 11.5 Å². The molecule has 0 atom stereocenters. The molecule has 8 nitrogen and oxygen atoms in total. The van der Waals surface area contributed by atoms with E-state index in [1.54, 1.807) is 37.3 Å². The predicted molar refractivity (Wildman–Crippen MR) is 150 cm³/mol. The molecule has 3 aromatic rings. The number of benzene rings is 3. The Hall–Kier alpha value is -4.81. The van der Waals surface area contributed by atoms with E-state index in [9.17, 15) is 31.5 Å². The van der Waals surface area contributed by atoms with Crippen molar-refractivity contribution in [2.24, 2.45) is 0 Å². The standard InChI is InChI=1S/C30H29F5N2O6/c1-3-41-28(39)23(22-11-8-20(36)17-24(22)37)15-18-5-9-21(10-6-18)43-27(38)19-7-12-25(26(16-19)40-2)42-14-4-13-29(31,32)30(33,34)35/h5-12,15-17H,3-4,13-14,36-37H2,1-2H3. The van der Waals surface area contributed by atoms with Crippen molar-refractivity contribution < 1.29 is 50.5 Å². The Balaban J connectivity index is 1.69. The second-order valence-corrected chi connectivity index (χ2v) is 9.10. The van der Waals surface area contributed by atoms with Gasteiger partial charge in [-0.2, -0.15) is 22.0 Å². The van der Waals surface area contributed by atoms with Crippen LogP contribution in [-0.4, -0.2) is 44.4 Å². The zero-order valence-corrected chi connectivity index (χ0v) is 23.2. The van der Waals surface area contributed by atoms with Crippen molar-refractivity contribution in [2.45, 2.75) is 31.9 Å². The summed E-state index contributed by atoms with van der Waals surface area (Å²) in [5.74, 6) is -5.90. The minimum Gasteiger partial charge on any atom is -0.493 e. The SMILES string of the molecule is CCOC(=O)C(=Cc1ccc(OC(=O)c2ccc(OCCCC(F)(F)C(F)(F)F)c(OC)c2)cc1)c1ccc(N)cc1N. The van der Waals surface area contributed by atoms with Crippen LogP contribution in [0.4, 0.5) is 33.3 Å². The highest BCUT2D eigenvalue weighted by Gasteiger charge is 2.56. The minimum atomic E-state index is -5.64. The number of nitrogens with two attached hydrogens (primary N) is 2. The molecule has 3 aromatic carbocycles. The zero-order valence-electron chi connectivity index (χ0n) is 23.2. The average Bonchev–Trinajstić information content (AvgIpc) is 2.94. The first-order valence-corrected chi connectivity index (χ1v) is 12.9. The number of methoxy groups -OCH3 is 1. The van der Waals surface area contributed by atoms with Crippen molar-refractivity contribution >= 4 is 35.0 Å². The van der Waals surface area contributed by atoms with E-state index in [2.05, 4.69) is 0 Å². The maximum atomic E-state index is 13.1. The molecule has 0 spiro atoms. The molecule has 0 radical (unpaired) electrons. The summed E-state index contributed by atoms with van der Waals surface area (Å²) in [6.07, 6.45) is -6.07. The lowest BCUT2D eigenvalue weighted by Crippen LogP contribution is -2.36. The Kier molecular flexibility index (Phi) is 10.6. The van der Waals surface area contributed by atoms with Crippen LogP contribution in [0, 0.1) is 0 Å². The van der Waals surface area contributed by atoms with Gasteiger partial charge < -0.3 is 30.4 Å². The molecule has 4 N–H and O–H groups in total. The molecule has 0 bridgehead atoms. The van der Waals surface area contributed by atoms with Crippen molar-refractivity contribution in [1.82, 2.24) is 0 Å². The average molecular weight is 609 g/mol. The number of ether oxygens (including phenoxy) is 4. The first-order valence-electron chi connectivity index (χ1n) is 12.9. The van der Waals surface area contributed by atoms with E-state index >= 15 is 0 Å². The highest BCUT2D eigenvalue weighted by molar-refractivity contribution is 6.23. The maximum Gasteiger partial charge on any atom is 0.453 e. The van der Waals surface area contributed by atoms with Crippen molar-refractivity contribution in [1.29, 1.82) is 0 Å². The van der Waals surface area contributed by atoms with Gasteiger partial charge in [0, 0.05) is 23.4 Å². The van der Waals surface area contributed by atoms with Gasteiger partial charge in [-0.15, -0.1) is 0 Å². The topological polar surface area (TPSA) is 123 Å². The molecule has 0 amide bonds. The number of esters is 2. The summed E-state index contributed by atoms with van der Waals surface area (Å²) in [5, 5.41) is 0. The molecular weight excluding hydrogens is 579 g/mol. The Labute approximate surface area is 244 Å². The summed E-state index contributed by atoms with van der Waals surface area (Å²) >= 11 is 0. The fourth-order valence-electron chi connectivity index (χ4n) is 3.78. The highest BCUT2D eigenvalue weighted by Crippen LogP contribution is 2.39. The third-order valence-corrected chi connectivity index (χ3v) is 5.97. The first kappa shape index (κ1) is 32.7. The van der Waals surface area contributed by atoms with Gasteiger partial charge in [-0.1, -0.05) is 12.1 Å². The molecule has 0 heterocycles. The molecule has 0 aliphatic carbocycles. The van der Waals surface area contributed by atoms with E-state index in [0.29, 0.717) is 22.5 Å². The van der Waals surface area contributed by atoms with E-state index < -0.39 is 43.5 Å². The van der Waals surface area contributed by atoms with Crippen LogP contribution < -0.4 is 25.7 Å². The number of nitrogen functional groups attached to an aromatic ring is 2. The normalized spacial score (nSPS) is 12.0. The summed E-state index contributed by atoms with van der Waals surface area (Å²) in [6.45, 7) is 1.39. The second-order valence-electron chi connectivity index (χ2n) is 9.10. The largest absolute Gasteiger partial charge is 0.493 e. The van der Waals surface area contributed by atoms with Gasteiger partial charge in [0.2, 0.25) is 0 Å². The van der Waals surface area contributed by atoms with Gasteiger partial charge in [0.25, 0.3) is 0 Å². The van der Waals surface area contributed by atoms with E-state index in [1.807, 2.05) is 0 Å². The quantitative estimate of drug-likeness (QED) is 0.0452. The number of anilines is 2. The molecule has 0 aliphatic rings. The number of hydrogen-bond donors (Lipinski definition) is 2. The number of halogens is 5. The zero-order chi connectivity index (χ0) is 31.8. The summed E-state index contributed by atoms with van der Waals surface area (Å²) in [4.78, 5) is 25.4. The second kappa shape index (κ2) is 13.9. The lowest BCUT2D eigenvalue weighted by molar-refractivity contribution is -0.284. The van der Waals surface area contributed by atoms with E-state index in [1.165, 1.54) is 43.5 Å². The molecule has 0 unspecified atom stereocenters. The van der Waals surface area contributed by atoms with Crippen LogP contribution in [0.25, 0.3) is 11.6 Å².